The fraction of sp³-hybridized carbons (Fsp3) is 0.632. The quantitative estimate of drug-likeness (QED) is 0.583. The van der Waals surface area contributed by atoms with Gasteiger partial charge in [0.25, 0.3) is 5.91 Å². The van der Waals surface area contributed by atoms with Gasteiger partial charge in [-0.2, -0.15) is 0 Å². The highest BCUT2D eigenvalue weighted by Gasteiger charge is 2.10. The smallest absolute Gasteiger partial charge is 0.251 e. The molecule has 0 atom stereocenters. The Labute approximate surface area is 140 Å². The van der Waals surface area contributed by atoms with Crippen molar-refractivity contribution in [1.29, 1.82) is 0 Å². The molecule has 0 bridgehead atoms. The Balaban J connectivity index is 2.67. The summed E-state index contributed by atoms with van der Waals surface area (Å²) in [5, 5.41) is 2.97. The molecule has 4 nitrogen and oxygen atoms in total. The molecule has 23 heavy (non-hydrogen) atoms. The Hall–Kier alpha value is -1.55. The van der Waals surface area contributed by atoms with Gasteiger partial charge in [-0.3, -0.25) is 4.79 Å². The second kappa shape index (κ2) is 11.9. The highest BCUT2D eigenvalue weighted by Crippen LogP contribution is 2.21. The van der Waals surface area contributed by atoms with Gasteiger partial charge in [0.2, 0.25) is 0 Å². The fourth-order valence-corrected chi connectivity index (χ4v) is 2.24. The fourth-order valence-electron chi connectivity index (χ4n) is 2.24. The van der Waals surface area contributed by atoms with Crippen LogP contribution in [-0.2, 0) is 11.3 Å². The number of amides is 1. The number of ether oxygens (including phenoxy) is 2. The Bertz CT molecular complexity index is 460. The third-order valence-corrected chi connectivity index (χ3v) is 3.59. The first kappa shape index (κ1) is 19.5. The summed E-state index contributed by atoms with van der Waals surface area (Å²) >= 11 is 0. The summed E-state index contributed by atoms with van der Waals surface area (Å²) in [7, 11) is 0. The molecule has 4 heteroatoms. The van der Waals surface area contributed by atoms with Gasteiger partial charge in [0, 0.05) is 24.3 Å². The van der Waals surface area contributed by atoms with Crippen LogP contribution in [0.3, 0.4) is 0 Å². The molecule has 0 spiro atoms. The van der Waals surface area contributed by atoms with Crippen molar-refractivity contribution in [2.75, 3.05) is 19.8 Å². The van der Waals surface area contributed by atoms with E-state index in [1.807, 2.05) is 25.1 Å². The molecule has 0 aliphatic rings. The summed E-state index contributed by atoms with van der Waals surface area (Å²) in [6.07, 6.45) is 5.46. The summed E-state index contributed by atoms with van der Waals surface area (Å²) in [5.74, 6) is 0.769. The van der Waals surface area contributed by atoms with Gasteiger partial charge >= 0.3 is 0 Å². The third kappa shape index (κ3) is 7.51. The average molecular weight is 321 g/mol. The van der Waals surface area contributed by atoms with Crippen LogP contribution in [0.15, 0.2) is 18.2 Å². The van der Waals surface area contributed by atoms with Crippen LogP contribution < -0.4 is 10.1 Å². The van der Waals surface area contributed by atoms with Gasteiger partial charge in [-0.15, -0.1) is 0 Å². The Morgan fingerprint density at radius 2 is 1.87 bits per heavy atom. The molecule has 1 N–H and O–H groups in total. The molecule has 1 rings (SSSR count). The molecule has 1 amide bonds. The number of carbonyl (C=O) groups is 1. The molecule has 0 aromatic heterocycles. The van der Waals surface area contributed by atoms with Crippen molar-refractivity contribution in [1.82, 2.24) is 5.32 Å². The molecule has 0 fully saturated rings. The van der Waals surface area contributed by atoms with Crippen LogP contribution in [0.25, 0.3) is 0 Å². The van der Waals surface area contributed by atoms with Gasteiger partial charge < -0.3 is 14.8 Å². The van der Waals surface area contributed by atoms with E-state index in [1.54, 1.807) is 0 Å². The number of hydrogen-bond donors (Lipinski definition) is 1. The van der Waals surface area contributed by atoms with Gasteiger partial charge in [0.1, 0.15) is 5.75 Å². The third-order valence-electron chi connectivity index (χ3n) is 3.59. The van der Waals surface area contributed by atoms with Crippen LogP contribution >= 0.6 is 0 Å². The van der Waals surface area contributed by atoms with Gasteiger partial charge in [0.15, 0.2) is 0 Å². The van der Waals surface area contributed by atoms with E-state index >= 15 is 0 Å². The topological polar surface area (TPSA) is 47.6 Å². The van der Waals surface area contributed by atoms with E-state index in [0.29, 0.717) is 18.8 Å². The lowest BCUT2D eigenvalue weighted by Crippen LogP contribution is -2.24. The summed E-state index contributed by atoms with van der Waals surface area (Å²) in [6.45, 7) is 8.78. The molecular weight excluding hydrogens is 290 g/mol. The second-order valence-corrected chi connectivity index (χ2v) is 5.62. The number of unbranched alkanes of at least 4 members (excludes halogenated alkanes) is 3. The largest absolute Gasteiger partial charge is 0.494 e. The summed E-state index contributed by atoms with van der Waals surface area (Å²) in [6, 6.07) is 5.56. The molecule has 0 unspecified atom stereocenters. The minimum absolute atomic E-state index is 0.0287. The predicted octanol–water partition coefficient (Wildman–Crippen LogP) is 4.32. The first-order valence-electron chi connectivity index (χ1n) is 8.84. The summed E-state index contributed by atoms with van der Waals surface area (Å²) in [5.41, 5.74) is 1.60. The van der Waals surface area contributed by atoms with Crippen molar-refractivity contribution < 1.29 is 14.3 Å². The zero-order valence-electron chi connectivity index (χ0n) is 14.8. The van der Waals surface area contributed by atoms with Crippen LogP contribution in [0.1, 0.15) is 68.8 Å². The molecule has 1 aromatic rings. The highest BCUT2D eigenvalue weighted by molar-refractivity contribution is 5.94. The Morgan fingerprint density at radius 3 is 2.57 bits per heavy atom. The van der Waals surface area contributed by atoms with Crippen molar-refractivity contribution >= 4 is 5.91 Å². The van der Waals surface area contributed by atoms with Gasteiger partial charge in [0.05, 0.1) is 13.2 Å². The predicted molar refractivity (Wildman–Crippen MR) is 94.0 cm³/mol. The molecule has 0 aliphatic carbocycles. The first-order valence-corrected chi connectivity index (χ1v) is 8.84. The maximum atomic E-state index is 12.2. The maximum absolute atomic E-state index is 12.2. The van der Waals surface area contributed by atoms with E-state index in [9.17, 15) is 4.79 Å². The van der Waals surface area contributed by atoms with Crippen molar-refractivity contribution in [3.8, 4) is 5.75 Å². The van der Waals surface area contributed by atoms with E-state index in [1.165, 1.54) is 0 Å². The van der Waals surface area contributed by atoms with E-state index in [2.05, 4.69) is 19.2 Å². The van der Waals surface area contributed by atoms with Gasteiger partial charge in [-0.1, -0.05) is 33.1 Å². The zero-order valence-corrected chi connectivity index (χ0v) is 14.8. The standard InChI is InChI=1S/C19H31NO3/c1-4-7-9-12-20-19(21)16-10-11-18(23-6-3)17(14-16)15-22-13-8-5-2/h10-11,14H,4-9,12-13,15H2,1-3H3,(H,20,21). The van der Waals surface area contributed by atoms with E-state index in [-0.39, 0.29) is 5.91 Å². The van der Waals surface area contributed by atoms with Crippen LogP contribution in [0.5, 0.6) is 5.75 Å². The average Bonchev–Trinajstić information content (AvgIpc) is 2.57. The van der Waals surface area contributed by atoms with E-state index in [4.69, 9.17) is 9.47 Å². The van der Waals surface area contributed by atoms with Crippen molar-refractivity contribution in [2.24, 2.45) is 0 Å². The molecule has 0 aliphatic heterocycles. The van der Waals surface area contributed by atoms with Crippen LogP contribution in [0.4, 0.5) is 0 Å². The Morgan fingerprint density at radius 1 is 1.09 bits per heavy atom. The molecule has 130 valence electrons. The second-order valence-electron chi connectivity index (χ2n) is 5.62. The lowest BCUT2D eigenvalue weighted by atomic mass is 10.1. The van der Waals surface area contributed by atoms with Crippen LogP contribution in [0.2, 0.25) is 0 Å². The van der Waals surface area contributed by atoms with Gasteiger partial charge in [-0.05, 0) is 38.0 Å². The van der Waals surface area contributed by atoms with Crippen molar-refractivity contribution in [3.05, 3.63) is 29.3 Å². The number of hydrogen-bond acceptors (Lipinski definition) is 3. The minimum atomic E-state index is -0.0287. The van der Waals surface area contributed by atoms with Crippen LogP contribution in [-0.4, -0.2) is 25.7 Å². The number of benzene rings is 1. The van der Waals surface area contributed by atoms with E-state index < -0.39 is 0 Å². The maximum Gasteiger partial charge on any atom is 0.251 e. The molecule has 0 radical (unpaired) electrons. The normalized spacial score (nSPS) is 10.6. The van der Waals surface area contributed by atoms with Crippen molar-refractivity contribution in [2.45, 2.75) is 59.5 Å². The zero-order chi connectivity index (χ0) is 16.9. The number of nitrogens with one attached hydrogen (secondary N) is 1. The molecule has 0 heterocycles. The monoisotopic (exact) mass is 321 g/mol. The van der Waals surface area contributed by atoms with Crippen molar-refractivity contribution in [3.63, 3.8) is 0 Å². The lowest BCUT2D eigenvalue weighted by molar-refractivity contribution is 0.0951. The first-order chi connectivity index (χ1) is 11.2. The summed E-state index contributed by atoms with van der Waals surface area (Å²) < 4.78 is 11.3. The number of carbonyl (C=O) groups excluding carboxylic acids is 1. The SMILES string of the molecule is CCCCCNC(=O)c1ccc(OCC)c(COCCCC)c1. The lowest BCUT2D eigenvalue weighted by Gasteiger charge is -2.13. The van der Waals surface area contributed by atoms with Gasteiger partial charge in [-0.25, -0.2) is 0 Å². The molecule has 0 saturated heterocycles. The summed E-state index contributed by atoms with van der Waals surface area (Å²) in [4.78, 5) is 12.2. The molecule has 1 aromatic carbocycles. The van der Waals surface area contributed by atoms with E-state index in [0.717, 1.165) is 56.6 Å². The number of rotatable bonds is 12. The van der Waals surface area contributed by atoms with Crippen LogP contribution in [0, 0.1) is 0 Å². The highest BCUT2D eigenvalue weighted by atomic mass is 16.5. The minimum Gasteiger partial charge on any atom is -0.494 e. The molecule has 0 saturated carbocycles. The Kier molecular flexibility index (Phi) is 10.1. The molecular formula is C19H31NO3.